The normalized spacial score (nSPS) is 11.9. The SMILES string of the molecule is CCOC(=O)C(CCc1ccccc1)NN.O=C(O)C(F)(F)F. The predicted molar refractivity (Wildman–Crippen MR) is 76.2 cm³/mol. The third-order valence-electron chi connectivity index (χ3n) is 2.58. The van der Waals surface area contributed by atoms with Crippen molar-refractivity contribution in [3.05, 3.63) is 35.9 Å². The molecule has 1 aromatic rings. The largest absolute Gasteiger partial charge is 0.490 e. The van der Waals surface area contributed by atoms with Gasteiger partial charge in [-0.15, -0.1) is 0 Å². The fraction of sp³-hybridized carbons (Fsp3) is 0.429. The average molecular weight is 336 g/mol. The number of benzene rings is 1. The van der Waals surface area contributed by atoms with Crippen molar-refractivity contribution in [1.82, 2.24) is 5.43 Å². The summed E-state index contributed by atoms with van der Waals surface area (Å²) in [6, 6.07) is 9.54. The summed E-state index contributed by atoms with van der Waals surface area (Å²) < 4.78 is 36.6. The lowest BCUT2D eigenvalue weighted by molar-refractivity contribution is -0.192. The lowest BCUT2D eigenvalue weighted by Crippen LogP contribution is -2.42. The van der Waals surface area contributed by atoms with E-state index in [9.17, 15) is 18.0 Å². The van der Waals surface area contributed by atoms with E-state index in [1.165, 1.54) is 5.56 Å². The van der Waals surface area contributed by atoms with Crippen molar-refractivity contribution in [2.75, 3.05) is 6.61 Å². The molecule has 0 aliphatic rings. The molecule has 9 heteroatoms. The van der Waals surface area contributed by atoms with Crippen LogP contribution in [0.2, 0.25) is 0 Å². The molecule has 1 rings (SSSR count). The fourth-order valence-electron chi connectivity index (χ4n) is 1.47. The maximum atomic E-state index is 11.4. The maximum Gasteiger partial charge on any atom is 0.490 e. The number of aryl methyl sites for hydroxylation is 1. The lowest BCUT2D eigenvalue weighted by Gasteiger charge is -2.13. The van der Waals surface area contributed by atoms with Gasteiger partial charge in [-0.2, -0.15) is 13.2 Å². The molecular formula is C14H19F3N2O4. The number of nitrogens with two attached hydrogens (primary N) is 1. The number of aliphatic carboxylic acids is 1. The number of esters is 1. The number of ether oxygens (including phenoxy) is 1. The van der Waals surface area contributed by atoms with Crippen molar-refractivity contribution in [1.29, 1.82) is 0 Å². The van der Waals surface area contributed by atoms with E-state index >= 15 is 0 Å². The highest BCUT2D eigenvalue weighted by Crippen LogP contribution is 2.13. The molecule has 1 unspecified atom stereocenters. The van der Waals surface area contributed by atoms with E-state index < -0.39 is 18.2 Å². The molecule has 0 fully saturated rings. The van der Waals surface area contributed by atoms with Crippen LogP contribution in [-0.4, -0.2) is 35.9 Å². The number of alkyl halides is 3. The van der Waals surface area contributed by atoms with Crippen LogP contribution in [-0.2, 0) is 20.7 Å². The zero-order chi connectivity index (χ0) is 17.9. The zero-order valence-electron chi connectivity index (χ0n) is 12.5. The number of rotatable bonds is 6. The molecule has 23 heavy (non-hydrogen) atoms. The Morgan fingerprint density at radius 3 is 2.22 bits per heavy atom. The highest BCUT2D eigenvalue weighted by molar-refractivity contribution is 5.75. The van der Waals surface area contributed by atoms with Gasteiger partial charge in [0.1, 0.15) is 6.04 Å². The van der Waals surface area contributed by atoms with Gasteiger partial charge in [0.15, 0.2) is 0 Å². The molecular weight excluding hydrogens is 317 g/mol. The average Bonchev–Trinajstić information content (AvgIpc) is 2.49. The Hall–Kier alpha value is -2.13. The van der Waals surface area contributed by atoms with Crippen molar-refractivity contribution < 1.29 is 32.6 Å². The first kappa shape index (κ1) is 20.9. The maximum absolute atomic E-state index is 11.4. The molecule has 0 aromatic heterocycles. The van der Waals surface area contributed by atoms with Crippen LogP contribution in [0.5, 0.6) is 0 Å². The number of carbonyl (C=O) groups is 2. The zero-order valence-corrected chi connectivity index (χ0v) is 12.5. The molecule has 0 saturated carbocycles. The van der Waals surface area contributed by atoms with Gasteiger partial charge in [-0.3, -0.25) is 10.6 Å². The monoisotopic (exact) mass is 336 g/mol. The number of hydrazine groups is 1. The summed E-state index contributed by atoms with van der Waals surface area (Å²) in [5, 5.41) is 7.12. The molecule has 0 saturated heterocycles. The first-order valence-corrected chi connectivity index (χ1v) is 6.69. The second-order valence-corrected chi connectivity index (χ2v) is 4.30. The Labute approximate surface area is 131 Å². The Morgan fingerprint density at radius 1 is 1.30 bits per heavy atom. The van der Waals surface area contributed by atoms with E-state index in [-0.39, 0.29) is 5.97 Å². The van der Waals surface area contributed by atoms with Crippen molar-refractivity contribution in [3.63, 3.8) is 0 Å². The Balaban J connectivity index is 0.000000585. The Kier molecular flexibility index (Phi) is 9.59. The first-order chi connectivity index (χ1) is 10.7. The van der Waals surface area contributed by atoms with Crippen molar-refractivity contribution in [2.24, 2.45) is 5.84 Å². The minimum absolute atomic E-state index is 0.291. The highest BCUT2D eigenvalue weighted by atomic mass is 19.4. The number of halogens is 3. The van der Waals surface area contributed by atoms with Gasteiger partial charge in [0, 0.05) is 0 Å². The number of carbonyl (C=O) groups excluding carboxylic acids is 1. The molecule has 130 valence electrons. The van der Waals surface area contributed by atoms with Crippen LogP contribution in [0.1, 0.15) is 18.9 Å². The molecule has 0 spiro atoms. The molecule has 1 atom stereocenters. The molecule has 6 nitrogen and oxygen atoms in total. The summed E-state index contributed by atoms with van der Waals surface area (Å²) >= 11 is 0. The van der Waals surface area contributed by atoms with Gasteiger partial charge < -0.3 is 9.84 Å². The molecule has 0 amide bonds. The van der Waals surface area contributed by atoms with Gasteiger partial charge >= 0.3 is 18.1 Å². The summed E-state index contributed by atoms with van der Waals surface area (Å²) in [5.74, 6) is 2.27. The third kappa shape index (κ3) is 9.48. The van der Waals surface area contributed by atoms with E-state index in [0.29, 0.717) is 13.0 Å². The molecule has 4 N–H and O–H groups in total. The summed E-state index contributed by atoms with van der Waals surface area (Å²) in [6.07, 6.45) is -3.64. The summed E-state index contributed by atoms with van der Waals surface area (Å²) in [7, 11) is 0. The second kappa shape index (κ2) is 10.6. The number of carboxylic acid groups (broad SMARTS) is 1. The van der Waals surface area contributed by atoms with Gasteiger partial charge in [-0.25, -0.2) is 10.2 Å². The number of carboxylic acids is 1. The first-order valence-electron chi connectivity index (χ1n) is 6.69. The molecule has 1 aromatic carbocycles. The van der Waals surface area contributed by atoms with E-state index in [1.54, 1.807) is 6.92 Å². The fourth-order valence-corrected chi connectivity index (χ4v) is 1.47. The minimum Gasteiger partial charge on any atom is -0.475 e. The number of hydrogen-bond acceptors (Lipinski definition) is 5. The molecule has 0 radical (unpaired) electrons. The second-order valence-electron chi connectivity index (χ2n) is 4.30. The van der Waals surface area contributed by atoms with Gasteiger partial charge in [0.25, 0.3) is 0 Å². The van der Waals surface area contributed by atoms with Crippen molar-refractivity contribution in [2.45, 2.75) is 32.0 Å². The Morgan fingerprint density at radius 2 is 1.83 bits per heavy atom. The quantitative estimate of drug-likeness (QED) is 0.415. The van der Waals surface area contributed by atoms with Crippen LogP contribution in [0.3, 0.4) is 0 Å². The number of nitrogens with one attached hydrogen (secondary N) is 1. The van der Waals surface area contributed by atoms with E-state index in [4.69, 9.17) is 20.5 Å². The van der Waals surface area contributed by atoms with Gasteiger partial charge in [0.05, 0.1) is 6.61 Å². The van der Waals surface area contributed by atoms with Crippen LogP contribution >= 0.6 is 0 Å². The van der Waals surface area contributed by atoms with Gasteiger partial charge in [-0.1, -0.05) is 30.3 Å². The van der Waals surface area contributed by atoms with Crippen molar-refractivity contribution in [3.8, 4) is 0 Å². The van der Waals surface area contributed by atoms with Crippen LogP contribution in [0.25, 0.3) is 0 Å². The highest BCUT2D eigenvalue weighted by Gasteiger charge is 2.38. The topological polar surface area (TPSA) is 102 Å². The van der Waals surface area contributed by atoms with E-state index in [2.05, 4.69) is 5.43 Å². The molecule has 0 aliphatic heterocycles. The summed E-state index contributed by atoms with van der Waals surface area (Å²) in [4.78, 5) is 20.3. The summed E-state index contributed by atoms with van der Waals surface area (Å²) in [6.45, 7) is 2.16. The van der Waals surface area contributed by atoms with Crippen LogP contribution in [0.4, 0.5) is 13.2 Å². The molecule has 0 heterocycles. The lowest BCUT2D eigenvalue weighted by atomic mass is 10.1. The Bertz CT molecular complexity index is 481. The minimum atomic E-state index is -5.08. The number of hydrogen-bond donors (Lipinski definition) is 3. The van der Waals surface area contributed by atoms with Crippen LogP contribution < -0.4 is 11.3 Å². The van der Waals surface area contributed by atoms with E-state index in [0.717, 1.165) is 6.42 Å². The standard InChI is InChI=1S/C12H18N2O2.C2HF3O2/c1-2-16-12(15)11(14-13)9-8-10-6-4-3-5-7-10;3-2(4,5)1(6)7/h3-7,11,14H,2,8-9,13H2,1H3;(H,6,7). The predicted octanol–water partition coefficient (Wildman–Crippen LogP) is 1.65. The summed E-state index contributed by atoms with van der Waals surface area (Å²) in [5.41, 5.74) is 3.67. The van der Waals surface area contributed by atoms with Gasteiger partial charge in [-0.05, 0) is 25.3 Å². The van der Waals surface area contributed by atoms with Crippen LogP contribution in [0.15, 0.2) is 30.3 Å². The van der Waals surface area contributed by atoms with E-state index in [1.807, 2.05) is 30.3 Å². The van der Waals surface area contributed by atoms with Crippen LogP contribution in [0, 0.1) is 0 Å². The molecule has 0 aliphatic carbocycles. The van der Waals surface area contributed by atoms with Gasteiger partial charge in [0.2, 0.25) is 0 Å². The molecule has 0 bridgehead atoms. The van der Waals surface area contributed by atoms with Crippen molar-refractivity contribution >= 4 is 11.9 Å². The smallest absolute Gasteiger partial charge is 0.475 e. The third-order valence-corrected chi connectivity index (χ3v) is 2.58.